The summed E-state index contributed by atoms with van der Waals surface area (Å²) in [5.41, 5.74) is 1.52. The van der Waals surface area contributed by atoms with Crippen LogP contribution in [0.1, 0.15) is 0 Å². The lowest BCUT2D eigenvalue weighted by atomic mass is 10.1. The number of pyridine rings is 1. The zero-order valence-corrected chi connectivity index (χ0v) is 14.3. The zero-order valence-electron chi connectivity index (χ0n) is 14.3. The molecule has 0 saturated carbocycles. The van der Waals surface area contributed by atoms with Gasteiger partial charge >= 0.3 is 0 Å². The van der Waals surface area contributed by atoms with E-state index in [1.54, 1.807) is 32.4 Å². The molecule has 0 aliphatic carbocycles. The molecular formula is C20H16N2O4. The zero-order chi connectivity index (χ0) is 18.3. The highest BCUT2D eigenvalue weighted by atomic mass is 16.5. The van der Waals surface area contributed by atoms with E-state index in [1.807, 2.05) is 36.4 Å². The van der Waals surface area contributed by atoms with Gasteiger partial charge in [-0.1, -0.05) is 17.3 Å². The number of fused-ring (bicyclic) bond motifs is 1. The second kappa shape index (κ2) is 6.07. The SMILES string of the molecule is COc1ccc(-c2cc(-c3c(O)c4ccccc4n(C)c3=O)no2)cc1. The first-order valence-corrected chi connectivity index (χ1v) is 8.02. The Morgan fingerprint density at radius 3 is 2.58 bits per heavy atom. The number of ether oxygens (including phenoxy) is 1. The van der Waals surface area contributed by atoms with E-state index in [9.17, 15) is 9.90 Å². The van der Waals surface area contributed by atoms with Crippen LogP contribution in [0.25, 0.3) is 33.5 Å². The van der Waals surface area contributed by atoms with E-state index in [4.69, 9.17) is 9.26 Å². The highest BCUT2D eigenvalue weighted by molar-refractivity contribution is 5.91. The predicted octanol–water partition coefficient (Wildman–Crippen LogP) is 3.57. The number of rotatable bonds is 3. The van der Waals surface area contributed by atoms with Crippen LogP contribution in [-0.2, 0) is 7.05 Å². The van der Waals surface area contributed by atoms with Gasteiger partial charge < -0.3 is 18.9 Å². The molecule has 0 saturated heterocycles. The summed E-state index contributed by atoms with van der Waals surface area (Å²) in [6.45, 7) is 0. The van der Waals surface area contributed by atoms with Crippen molar-refractivity contribution in [2.24, 2.45) is 7.05 Å². The molecule has 2 aromatic carbocycles. The maximum atomic E-state index is 12.7. The molecule has 0 atom stereocenters. The highest BCUT2D eigenvalue weighted by Crippen LogP contribution is 2.34. The molecular weight excluding hydrogens is 332 g/mol. The Morgan fingerprint density at radius 2 is 1.85 bits per heavy atom. The number of nitrogens with zero attached hydrogens (tertiary/aromatic N) is 2. The van der Waals surface area contributed by atoms with Gasteiger partial charge in [-0.05, 0) is 36.4 Å². The van der Waals surface area contributed by atoms with Gasteiger partial charge in [0.1, 0.15) is 22.8 Å². The Hall–Kier alpha value is -3.54. The summed E-state index contributed by atoms with van der Waals surface area (Å²) in [7, 11) is 3.26. The molecule has 26 heavy (non-hydrogen) atoms. The predicted molar refractivity (Wildman–Crippen MR) is 98.3 cm³/mol. The first-order chi connectivity index (χ1) is 12.6. The molecule has 0 amide bonds. The van der Waals surface area contributed by atoms with Crippen molar-refractivity contribution in [1.29, 1.82) is 0 Å². The van der Waals surface area contributed by atoms with E-state index in [1.165, 1.54) is 4.57 Å². The second-order valence-electron chi connectivity index (χ2n) is 5.91. The summed E-state index contributed by atoms with van der Waals surface area (Å²) < 4.78 is 12.0. The Bertz CT molecular complexity index is 1160. The third-order valence-electron chi connectivity index (χ3n) is 4.42. The summed E-state index contributed by atoms with van der Waals surface area (Å²) in [5.74, 6) is 1.13. The molecule has 0 radical (unpaired) electrons. The van der Waals surface area contributed by atoms with Gasteiger partial charge in [0.25, 0.3) is 5.56 Å². The van der Waals surface area contributed by atoms with Crippen molar-refractivity contribution in [2.45, 2.75) is 0 Å². The van der Waals surface area contributed by atoms with Gasteiger partial charge in [-0.25, -0.2) is 0 Å². The second-order valence-corrected chi connectivity index (χ2v) is 5.91. The Kier molecular flexibility index (Phi) is 3.73. The average Bonchev–Trinajstić information content (AvgIpc) is 3.16. The summed E-state index contributed by atoms with van der Waals surface area (Å²) >= 11 is 0. The summed E-state index contributed by atoms with van der Waals surface area (Å²) in [6, 6.07) is 16.1. The van der Waals surface area contributed by atoms with Crippen molar-refractivity contribution in [2.75, 3.05) is 7.11 Å². The van der Waals surface area contributed by atoms with Gasteiger partial charge in [0, 0.05) is 24.1 Å². The van der Waals surface area contributed by atoms with Crippen molar-refractivity contribution in [3.05, 3.63) is 65.0 Å². The summed E-state index contributed by atoms with van der Waals surface area (Å²) in [5, 5.41) is 15.2. The van der Waals surface area contributed by atoms with Crippen LogP contribution in [0.15, 0.2) is 63.9 Å². The average molecular weight is 348 g/mol. The Balaban J connectivity index is 1.86. The lowest BCUT2D eigenvalue weighted by molar-refractivity contribution is 0.414. The van der Waals surface area contributed by atoms with Crippen molar-refractivity contribution in [1.82, 2.24) is 9.72 Å². The van der Waals surface area contributed by atoms with Crippen molar-refractivity contribution >= 4 is 10.9 Å². The number of aromatic hydroxyl groups is 1. The van der Waals surface area contributed by atoms with E-state index in [0.717, 1.165) is 11.3 Å². The maximum Gasteiger partial charge on any atom is 0.264 e. The number of methoxy groups -OCH3 is 1. The third-order valence-corrected chi connectivity index (χ3v) is 4.42. The van der Waals surface area contributed by atoms with Crippen LogP contribution in [-0.4, -0.2) is 21.9 Å². The molecule has 0 bridgehead atoms. The normalized spacial score (nSPS) is 11.0. The molecule has 0 spiro atoms. The number of hydrogen-bond donors (Lipinski definition) is 1. The van der Waals surface area contributed by atoms with Gasteiger partial charge in [-0.15, -0.1) is 0 Å². The van der Waals surface area contributed by atoms with E-state index < -0.39 is 0 Å². The largest absolute Gasteiger partial charge is 0.506 e. The van der Waals surface area contributed by atoms with Crippen LogP contribution >= 0.6 is 0 Å². The molecule has 0 aliphatic rings. The van der Waals surface area contributed by atoms with Crippen molar-refractivity contribution in [3.8, 4) is 34.1 Å². The number of hydrogen-bond acceptors (Lipinski definition) is 5. The molecule has 6 nitrogen and oxygen atoms in total. The quantitative estimate of drug-likeness (QED) is 0.612. The first-order valence-electron chi connectivity index (χ1n) is 8.02. The monoisotopic (exact) mass is 348 g/mol. The molecule has 0 unspecified atom stereocenters. The van der Waals surface area contributed by atoms with Gasteiger partial charge in [0.15, 0.2) is 5.76 Å². The van der Waals surface area contributed by atoms with E-state index >= 15 is 0 Å². The number of benzene rings is 2. The fourth-order valence-corrected chi connectivity index (χ4v) is 2.99. The number of para-hydroxylation sites is 1. The number of aryl methyl sites for hydroxylation is 1. The minimum atomic E-state index is -0.337. The van der Waals surface area contributed by atoms with E-state index in [-0.39, 0.29) is 16.9 Å². The molecule has 4 rings (SSSR count). The molecule has 6 heteroatoms. The lowest BCUT2D eigenvalue weighted by Gasteiger charge is -2.09. The minimum Gasteiger partial charge on any atom is -0.506 e. The molecule has 130 valence electrons. The highest BCUT2D eigenvalue weighted by Gasteiger charge is 2.20. The lowest BCUT2D eigenvalue weighted by Crippen LogP contribution is -2.19. The number of aromatic nitrogens is 2. The van der Waals surface area contributed by atoms with Crippen LogP contribution < -0.4 is 10.3 Å². The van der Waals surface area contributed by atoms with Gasteiger partial charge in [0.2, 0.25) is 0 Å². The fraction of sp³-hybridized carbons (Fsp3) is 0.100. The molecule has 1 N–H and O–H groups in total. The van der Waals surface area contributed by atoms with Crippen LogP contribution in [0.3, 0.4) is 0 Å². The van der Waals surface area contributed by atoms with E-state index in [2.05, 4.69) is 5.16 Å². The summed E-state index contributed by atoms with van der Waals surface area (Å²) in [4.78, 5) is 12.7. The topological polar surface area (TPSA) is 77.5 Å². The molecule has 0 aliphatic heterocycles. The third kappa shape index (κ3) is 2.43. The van der Waals surface area contributed by atoms with Crippen molar-refractivity contribution < 1.29 is 14.4 Å². The molecule has 0 fully saturated rings. The molecule has 4 aromatic rings. The van der Waals surface area contributed by atoms with Crippen LogP contribution in [0, 0.1) is 0 Å². The van der Waals surface area contributed by atoms with Crippen LogP contribution in [0.4, 0.5) is 0 Å². The standard InChI is InChI=1S/C20H16N2O4/c1-22-16-6-4-3-5-14(16)19(23)18(20(22)24)15-11-17(26-21-15)12-7-9-13(25-2)10-8-12/h3-11,23H,1-2H3. The van der Waals surface area contributed by atoms with Gasteiger partial charge in [0.05, 0.1) is 12.6 Å². The van der Waals surface area contributed by atoms with Gasteiger partial charge in [-0.3, -0.25) is 4.79 Å². The summed E-state index contributed by atoms with van der Waals surface area (Å²) in [6.07, 6.45) is 0. The maximum absolute atomic E-state index is 12.7. The minimum absolute atomic E-state index is 0.0988. The van der Waals surface area contributed by atoms with Gasteiger partial charge in [-0.2, -0.15) is 0 Å². The first kappa shape index (κ1) is 16.0. The molecule has 2 aromatic heterocycles. The molecule has 2 heterocycles. The van der Waals surface area contributed by atoms with Crippen LogP contribution in [0.2, 0.25) is 0 Å². The smallest absolute Gasteiger partial charge is 0.264 e. The van der Waals surface area contributed by atoms with Crippen LogP contribution in [0.5, 0.6) is 11.5 Å². The van der Waals surface area contributed by atoms with Crippen molar-refractivity contribution in [3.63, 3.8) is 0 Å². The fourth-order valence-electron chi connectivity index (χ4n) is 2.99. The van der Waals surface area contributed by atoms with E-state index in [0.29, 0.717) is 22.4 Å². The Morgan fingerprint density at radius 1 is 1.12 bits per heavy atom. The Labute approximate surface area is 148 Å².